The second-order valence-electron chi connectivity index (χ2n) is 1.56. The molecule has 0 unspecified atom stereocenters. The van der Waals surface area contributed by atoms with E-state index in [1.165, 1.54) is 0 Å². The van der Waals surface area contributed by atoms with Crippen molar-refractivity contribution >= 4 is 11.8 Å². The monoisotopic (exact) mass is 120 g/mol. The van der Waals surface area contributed by atoms with Gasteiger partial charge < -0.3 is 5.11 Å². The van der Waals surface area contributed by atoms with Crippen LogP contribution in [0.15, 0.2) is 0 Å². The average Bonchev–Trinajstić information content (AvgIpc) is 1.68. The van der Waals surface area contributed by atoms with E-state index < -0.39 is 0 Å². The fourth-order valence-electron chi connectivity index (χ4n) is 0.300. The zero-order valence-corrected chi connectivity index (χ0v) is 5.66. The zero-order valence-electron chi connectivity index (χ0n) is 4.85. The highest BCUT2D eigenvalue weighted by Crippen LogP contribution is 2.07. The van der Waals surface area contributed by atoms with Crippen molar-refractivity contribution in [1.29, 1.82) is 0 Å². The highest BCUT2D eigenvalue weighted by atomic mass is 32.2. The van der Waals surface area contributed by atoms with Gasteiger partial charge in [0.25, 0.3) is 0 Å². The lowest BCUT2D eigenvalue weighted by molar-refractivity contribution is 0.289. The van der Waals surface area contributed by atoms with Crippen molar-refractivity contribution in [1.82, 2.24) is 0 Å². The van der Waals surface area contributed by atoms with E-state index in [4.69, 9.17) is 5.11 Å². The van der Waals surface area contributed by atoms with Crippen LogP contribution in [0.2, 0.25) is 0 Å². The highest BCUT2D eigenvalue weighted by Gasteiger charge is 1.93. The van der Waals surface area contributed by atoms with Crippen LogP contribution < -0.4 is 0 Å². The van der Waals surface area contributed by atoms with Crippen molar-refractivity contribution in [3.8, 4) is 0 Å². The molecule has 0 aliphatic rings. The molecule has 0 aromatic heterocycles. The van der Waals surface area contributed by atoms with Crippen molar-refractivity contribution in [3.05, 3.63) is 0 Å². The van der Waals surface area contributed by atoms with E-state index in [1.807, 2.05) is 0 Å². The number of aliphatic hydroxyl groups excluding tert-OH is 1. The van der Waals surface area contributed by atoms with Gasteiger partial charge in [-0.05, 0) is 12.7 Å². The summed E-state index contributed by atoms with van der Waals surface area (Å²) in [6, 6.07) is 0. The molecule has 0 saturated carbocycles. The summed E-state index contributed by atoms with van der Waals surface area (Å²) in [5.41, 5.74) is 0. The molecule has 0 heterocycles. The van der Waals surface area contributed by atoms with Gasteiger partial charge >= 0.3 is 0 Å². The van der Waals surface area contributed by atoms with Gasteiger partial charge in [0, 0.05) is 11.9 Å². The average molecular weight is 120 g/mol. The smallest absolute Gasteiger partial charge is 0.0441 e. The molecule has 7 heavy (non-hydrogen) atoms. The normalized spacial score (nSPS) is 14.1. The van der Waals surface area contributed by atoms with Gasteiger partial charge in [-0.3, -0.25) is 0 Å². The summed E-state index contributed by atoms with van der Waals surface area (Å²) < 4.78 is 0. The molecule has 0 fully saturated rings. The quantitative estimate of drug-likeness (QED) is 0.602. The molecular weight excluding hydrogens is 108 g/mol. The molecule has 1 atom stereocenters. The van der Waals surface area contributed by atoms with Crippen molar-refractivity contribution in [3.63, 3.8) is 0 Å². The maximum absolute atomic E-state index is 8.35. The maximum Gasteiger partial charge on any atom is 0.0441 e. The molecule has 1 N–H and O–H groups in total. The Bertz CT molecular complexity index is 39.1. The fourth-order valence-corrected chi connectivity index (χ4v) is 0.641. The van der Waals surface area contributed by atoms with Crippen LogP contribution in [-0.2, 0) is 0 Å². The Hall–Kier alpha value is 0.310. The molecule has 0 aliphatic heterocycles. The predicted molar refractivity (Wildman–Crippen MR) is 34.7 cm³/mol. The molecular formula is C5H12OS. The highest BCUT2D eigenvalue weighted by molar-refractivity contribution is 7.99. The van der Waals surface area contributed by atoms with E-state index in [0.717, 1.165) is 6.42 Å². The van der Waals surface area contributed by atoms with Crippen LogP contribution in [0.4, 0.5) is 0 Å². The van der Waals surface area contributed by atoms with Crippen LogP contribution in [0.1, 0.15) is 13.3 Å². The Balaban J connectivity index is 2.83. The van der Waals surface area contributed by atoms with E-state index in [-0.39, 0.29) is 0 Å². The zero-order chi connectivity index (χ0) is 5.70. The summed E-state index contributed by atoms with van der Waals surface area (Å²) >= 11 is 1.79. The van der Waals surface area contributed by atoms with Crippen LogP contribution >= 0.6 is 11.8 Å². The molecule has 2 heteroatoms. The molecule has 0 radical (unpaired) electrons. The van der Waals surface area contributed by atoms with E-state index in [1.54, 1.807) is 11.8 Å². The molecule has 44 valence electrons. The van der Waals surface area contributed by atoms with Gasteiger partial charge in [0.2, 0.25) is 0 Å². The van der Waals surface area contributed by atoms with Crippen LogP contribution in [0, 0.1) is 0 Å². The number of rotatable bonds is 3. The molecule has 0 aromatic carbocycles. The van der Waals surface area contributed by atoms with Gasteiger partial charge in [0.05, 0.1) is 0 Å². The molecule has 0 aromatic rings. The predicted octanol–water partition coefficient (Wildman–Crippen LogP) is 1.12. The van der Waals surface area contributed by atoms with Gasteiger partial charge in [-0.25, -0.2) is 0 Å². The minimum atomic E-state index is 0.321. The lowest BCUT2D eigenvalue weighted by Gasteiger charge is -2.01. The van der Waals surface area contributed by atoms with Crippen LogP contribution in [0.5, 0.6) is 0 Å². The summed E-state index contributed by atoms with van der Waals surface area (Å²) in [7, 11) is 0. The second-order valence-corrected chi connectivity index (χ2v) is 2.83. The molecule has 0 bridgehead atoms. The van der Waals surface area contributed by atoms with Crippen molar-refractivity contribution in [2.75, 3.05) is 12.9 Å². The Morgan fingerprint density at radius 1 is 1.71 bits per heavy atom. The first-order valence-electron chi connectivity index (χ1n) is 2.45. The van der Waals surface area contributed by atoms with E-state index >= 15 is 0 Å². The second kappa shape index (κ2) is 4.47. The summed E-state index contributed by atoms with van der Waals surface area (Å²) in [5, 5.41) is 8.97. The van der Waals surface area contributed by atoms with Crippen LogP contribution in [-0.4, -0.2) is 23.2 Å². The third-order valence-corrected chi connectivity index (χ3v) is 1.98. The lowest BCUT2D eigenvalue weighted by atomic mass is 10.4. The number of hydrogen-bond acceptors (Lipinski definition) is 2. The molecule has 0 amide bonds. The van der Waals surface area contributed by atoms with Gasteiger partial charge in [0.15, 0.2) is 0 Å². The first kappa shape index (κ1) is 7.31. The van der Waals surface area contributed by atoms with Crippen molar-refractivity contribution in [2.45, 2.75) is 18.6 Å². The number of hydrogen-bond donors (Lipinski definition) is 1. The molecule has 0 spiro atoms. The van der Waals surface area contributed by atoms with Crippen LogP contribution in [0.3, 0.4) is 0 Å². The fraction of sp³-hybridized carbons (Fsp3) is 1.00. The number of thioether (sulfide) groups is 1. The Morgan fingerprint density at radius 2 is 2.29 bits per heavy atom. The third-order valence-electron chi connectivity index (χ3n) is 0.938. The van der Waals surface area contributed by atoms with Crippen molar-refractivity contribution < 1.29 is 5.11 Å². The van der Waals surface area contributed by atoms with Gasteiger partial charge in [0.1, 0.15) is 0 Å². The summed E-state index contributed by atoms with van der Waals surface area (Å²) in [6.45, 7) is 2.43. The maximum atomic E-state index is 8.35. The summed E-state index contributed by atoms with van der Waals surface area (Å²) in [4.78, 5) is 0. The van der Waals surface area contributed by atoms with Crippen LogP contribution in [0.25, 0.3) is 0 Å². The number of aliphatic hydroxyl groups is 1. The van der Waals surface area contributed by atoms with Gasteiger partial charge in [-0.1, -0.05) is 6.92 Å². The van der Waals surface area contributed by atoms with Gasteiger partial charge in [-0.2, -0.15) is 11.8 Å². The minimum Gasteiger partial charge on any atom is -0.396 e. The Kier molecular flexibility index (Phi) is 4.67. The lowest BCUT2D eigenvalue weighted by Crippen LogP contribution is -1.97. The van der Waals surface area contributed by atoms with Crippen molar-refractivity contribution in [2.24, 2.45) is 0 Å². The summed E-state index contributed by atoms with van der Waals surface area (Å²) in [5.74, 6) is 0. The first-order valence-corrected chi connectivity index (χ1v) is 3.73. The third kappa shape index (κ3) is 4.16. The SMILES string of the molecule is CS[C@H](C)CCO. The van der Waals surface area contributed by atoms with E-state index in [0.29, 0.717) is 11.9 Å². The Labute approximate surface area is 49.1 Å². The van der Waals surface area contributed by atoms with E-state index in [2.05, 4.69) is 13.2 Å². The molecule has 0 rings (SSSR count). The molecule has 0 saturated heterocycles. The first-order chi connectivity index (χ1) is 3.31. The summed E-state index contributed by atoms with van der Waals surface area (Å²) in [6.07, 6.45) is 2.97. The largest absolute Gasteiger partial charge is 0.396 e. The topological polar surface area (TPSA) is 20.2 Å². The molecule has 1 nitrogen and oxygen atoms in total. The van der Waals surface area contributed by atoms with E-state index in [9.17, 15) is 0 Å². The minimum absolute atomic E-state index is 0.321. The van der Waals surface area contributed by atoms with Gasteiger partial charge in [-0.15, -0.1) is 0 Å². The Morgan fingerprint density at radius 3 is 2.43 bits per heavy atom. The molecule has 0 aliphatic carbocycles. The standard InChI is InChI=1S/C5H12OS/c1-5(7-2)3-4-6/h5-6H,3-4H2,1-2H3/t5-/m1/s1.